The molecule has 6 nitrogen and oxygen atoms in total. The first-order valence-corrected chi connectivity index (χ1v) is 7.80. The summed E-state index contributed by atoms with van der Waals surface area (Å²) >= 11 is 0. The van der Waals surface area contributed by atoms with E-state index in [0.29, 0.717) is 5.69 Å². The van der Waals surface area contributed by atoms with Gasteiger partial charge in [-0.25, -0.2) is 4.39 Å². The molecule has 1 aromatic heterocycles. The number of halogens is 1. The zero-order chi connectivity index (χ0) is 16.7. The Balaban J connectivity index is 2.66. The summed E-state index contributed by atoms with van der Waals surface area (Å²) in [4.78, 5) is 11.4. The molecule has 0 aliphatic rings. The van der Waals surface area contributed by atoms with Crippen molar-refractivity contribution >= 4 is 15.8 Å². The molecule has 0 aliphatic heterocycles. The van der Waals surface area contributed by atoms with E-state index in [1.165, 1.54) is 21.0 Å². The molecule has 0 N–H and O–H groups in total. The first-order chi connectivity index (χ1) is 10.2. The Bertz CT molecular complexity index is 856. The topological polar surface area (TPSA) is 78.3 Å². The summed E-state index contributed by atoms with van der Waals surface area (Å²) < 4.78 is 44.3. The zero-order valence-corrected chi connectivity index (χ0v) is 13.4. The van der Waals surface area contributed by atoms with Gasteiger partial charge in [-0.1, -0.05) is 0 Å². The Kier molecular flexibility index (Phi) is 4.06. The van der Waals surface area contributed by atoms with Crippen LogP contribution in [0.25, 0.3) is 0 Å². The van der Waals surface area contributed by atoms with E-state index < -0.39 is 15.8 Å². The monoisotopic (exact) mass is 326 g/mol. The number of benzene rings is 1. The number of carbonyl (C=O) groups excluding carboxylic acids is 1. The van der Waals surface area contributed by atoms with Crippen molar-refractivity contribution in [3.8, 4) is 5.75 Å². The lowest BCUT2D eigenvalue weighted by Crippen LogP contribution is -2.17. The van der Waals surface area contributed by atoms with Gasteiger partial charge >= 0.3 is 0 Å². The molecule has 22 heavy (non-hydrogen) atoms. The fourth-order valence-corrected chi connectivity index (χ4v) is 3.64. The van der Waals surface area contributed by atoms with Crippen molar-refractivity contribution in [1.29, 1.82) is 0 Å². The number of aryl methyl sites for hydroxylation is 1. The molecule has 0 fully saturated rings. The van der Waals surface area contributed by atoms with Crippen molar-refractivity contribution in [2.75, 3.05) is 7.11 Å². The van der Waals surface area contributed by atoms with E-state index in [1.807, 2.05) is 0 Å². The van der Waals surface area contributed by atoms with Crippen molar-refractivity contribution in [3.05, 3.63) is 41.0 Å². The van der Waals surface area contributed by atoms with Crippen LogP contribution in [0.15, 0.2) is 23.1 Å². The molecule has 0 amide bonds. The predicted molar refractivity (Wildman–Crippen MR) is 77.2 cm³/mol. The van der Waals surface area contributed by atoms with Crippen molar-refractivity contribution in [2.24, 2.45) is 0 Å². The van der Waals surface area contributed by atoms with E-state index in [0.717, 1.165) is 22.3 Å². The van der Waals surface area contributed by atoms with Crippen molar-refractivity contribution in [2.45, 2.75) is 25.7 Å². The molecule has 0 aliphatic carbocycles. The highest BCUT2D eigenvalue weighted by atomic mass is 32.2. The number of hydrogen-bond acceptors (Lipinski definition) is 5. The average molecular weight is 326 g/mol. The second-order valence-corrected chi connectivity index (χ2v) is 6.51. The van der Waals surface area contributed by atoms with Gasteiger partial charge < -0.3 is 4.74 Å². The number of carbonyl (C=O) groups is 1. The first kappa shape index (κ1) is 16.2. The van der Waals surface area contributed by atoms with Crippen LogP contribution in [0.1, 0.15) is 28.7 Å². The molecule has 1 heterocycles. The number of Topliss-reactive ketones (excluding diaryl/α,β-unsaturated/α-hetero) is 1. The SMILES string of the molecule is COc1cc(S(=O)(=O)n2nc(C)c(C(C)=O)c2C)ccc1F. The number of aromatic nitrogens is 2. The minimum absolute atomic E-state index is 0.175. The highest BCUT2D eigenvalue weighted by Gasteiger charge is 2.26. The van der Waals surface area contributed by atoms with Gasteiger partial charge in [0.25, 0.3) is 10.0 Å². The van der Waals surface area contributed by atoms with E-state index in [2.05, 4.69) is 5.10 Å². The fourth-order valence-electron chi connectivity index (χ4n) is 2.26. The van der Waals surface area contributed by atoms with Crippen LogP contribution in [-0.2, 0) is 10.0 Å². The van der Waals surface area contributed by atoms with Gasteiger partial charge in [-0.15, -0.1) is 0 Å². The molecule has 0 saturated heterocycles. The second kappa shape index (κ2) is 5.53. The fraction of sp³-hybridized carbons (Fsp3) is 0.286. The van der Waals surface area contributed by atoms with Crippen LogP contribution in [-0.4, -0.2) is 30.5 Å². The Morgan fingerprint density at radius 1 is 1.32 bits per heavy atom. The van der Waals surface area contributed by atoms with Gasteiger partial charge in [0, 0.05) is 6.07 Å². The third-order valence-electron chi connectivity index (χ3n) is 3.25. The molecule has 0 bridgehead atoms. The molecule has 0 radical (unpaired) electrons. The molecule has 0 atom stereocenters. The van der Waals surface area contributed by atoms with Gasteiger partial charge in [0.2, 0.25) is 0 Å². The summed E-state index contributed by atoms with van der Waals surface area (Å²) in [5.74, 6) is -1.12. The van der Waals surface area contributed by atoms with Crippen LogP contribution < -0.4 is 4.74 Å². The summed E-state index contributed by atoms with van der Waals surface area (Å²) in [5, 5.41) is 3.93. The van der Waals surface area contributed by atoms with Crippen LogP contribution in [0, 0.1) is 19.7 Å². The number of nitrogens with zero attached hydrogens (tertiary/aromatic N) is 2. The van der Waals surface area contributed by atoms with Crippen LogP contribution in [0.2, 0.25) is 0 Å². The molecule has 0 spiro atoms. The van der Waals surface area contributed by atoms with E-state index >= 15 is 0 Å². The molecule has 2 rings (SSSR count). The van der Waals surface area contributed by atoms with E-state index in [1.54, 1.807) is 6.92 Å². The van der Waals surface area contributed by atoms with Gasteiger partial charge in [0.1, 0.15) is 0 Å². The van der Waals surface area contributed by atoms with E-state index in [4.69, 9.17) is 4.74 Å². The van der Waals surface area contributed by atoms with Gasteiger partial charge in [0.05, 0.1) is 29.0 Å². The Hall–Kier alpha value is -2.22. The lowest BCUT2D eigenvalue weighted by Gasteiger charge is -2.09. The first-order valence-electron chi connectivity index (χ1n) is 6.36. The highest BCUT2D eigenvalue weighted by molar-refractivity contribution is 7.89. The summed E-state index contributed by atoms with van der Waals surface area (Å²) in [6.45, 7) is 4.39. The Morgan fingerprint density at radius 3 is 2.45 bits per heavy atom. The Morgan fingerprint density at radius 2 is 1.95 bits per heavy atom. The molecular weight excluding hydrogens is 311 g/mol. The van der Waals surface area contributed by atoms with Crippen LogP contribution in [0.3, 0.4) is 0 Å². The summed E-state index contributed by atoms with van der Waals surface area (Å²) in [5.41, 5.74) is 0.800. The molecular formula is C14H15FN2O4S. The molecule has 0 unspecified atom stereocenters. The second-order valence-electron chi connectivity index (χ2n) is 4.75. The molecule has 118 valence electrons. The zero-order valence-electron chi connectivity index (χ0n) is 12.5. The van der Waals surface area contributed by atoms with Crippen LogP contribution in [0.5, 0.6) is 5.75 Å². The smallest absolute Gasteiger partial charge is 0.283 e. The minimum Gasteiger partial charge on any atom is -0.494 e. The van der Waals surface area contributed by atoms with Gasteiger partial charge in [-0.3, -0.25) is 4.79 Å². The third kappa shape index (κ3) is 2.50. The summed E-state index contributed by atoms with van der Waals surface area (Å²) in [6, 6.07) is 3.20. The molecule has 1 aromatic carbocycles. The number of rotatable bonds is 4. The van der Waals surface area contributed by atoms with Gasteiger partial charge in [-0.2, -0.15) is 17.6 Å². The normalized spacial score (nSPS) is 11.5. The number of hydrogen-bond donors (Lipinski definition) is 0. The number of ketones is 1. The maximum Gasteiger partial charge on any atom is 0.283 e. The highest BCUT2D eigenvalue weighted by Crippen LogP contribution is 2.25. The van der Waals surface area contributed by atoms with Crippen molar-refractivity contribution < 1.29 is 22.3 Å². The van der Waals surface area contributed by atoms with Crippen molar-refractivity contribution in [3.63, 3.8) is 0 Å². The Labute approximate surface area is 127 Å². The maximum atomic E-state index is 13.4. The quantitative estimate of drug-likeness (QED) is 0.804. The van der Waals surface area contributed by atoms with Crippen molar-refractivity contribution in [1.82, 2.24) is 9.19 Å². The van der Waals surface area contributed by atoms with E-state index in [-0.39, 0.29) is 27.7 Å². The summed E-state index contributed by atoms with van der Waals surface area (Å²) in [7, 11) is -2.81. The van der Waals surface area contributed by atoms with Gasteiger partial charge in [0.15, 0.2) is 17.3 Å². The lowest BCUT2D eigenvalue weighted by atomic mass is 10.1. The van der Waals surface area contributed by atoms with E-state index in [9.17, 15) is 17.6 Å². The predicted octanol–water partition coefficient (Wildman–Crippen LogP) is 2.09. The molecule has 2 aromatic rings. The van der Waals surface area contributed by atoms with Crippen LogP contribution >= 0.6 is 0 Å². The largest absolute Gasteiger partial charge is 0.494 e. The minimum atomic E-state index is -4.05. The number of ether oxygens (including phenoxy) is 1. The van der Waals surface area contributed by atoms with Gasteiger partial charge in [-0.05, 0) is 32.9 Å². The standard InChI is InChI=1S/C14H15FN2O4S/c1-8-14(10(3)18)9(2)17(16-8)22(19,20)11-5-6-12(15)13(7-11)21-4/h5-7H,1-4H3. The van der Waals surface area contributed by atoms with Crippen LogP contribution in [0.4, 0.5) is 4.39 Å². The molecule has 8 heteroatoms. The molecule has 0 saturated carbocycles. The lowest BCUT2D eigenvalue weighted by molar-refractivity contribution is 0.101. The average Bonchev–Trinajstić information content (AvgIpc) is 2.74. The number of methoxy groups -OCH3 is 1. The summed E-state index contributed by atoms with van der Waals surface area (Å²) in [6.07, 6.45) is 0. The third-order valence-corrected chi connectivity index (χ3v) is 4.91. The maximum absolute atomic E-state index is 13.4.